The van der Waals surface area contributed by atoms with Gasteiger partial charge in [0.1, 0.15) is 12.0 Å². The Balaban J connectivity index is 1.55. The lowest BCUT2D eigenvalue weighted by atomic mass is 10.1. The van der Waals surface area contributed by atoms with Crippen LogP contribution in [0.25, 0.3) is 0 Å². The number of nitrogens with one attached hydrogen (secondary N) is 1. The Hall–Kier alpha value is -1.60. The second-order valence-electron chi connectivity index (χ2n) is 5.73. The van der Waals surface area contributed by atoms with Crippen molar-refractivity contribution in [3.8, 4) is 0 Å². The Morgan fingerprint density at radius 1 is 1.40 bits per heavy atom. The first kappa shape index (κ1) is 13.4. The Labute approximate surface area is 118 Å². The van der Waals surface area contributed by atoms with E-state index in [1.54, 1.807) is 0 Å². The Kier molecular flexibility index (Phi) is 3.39. The lowest BCUT2D eigenvalue weighted by Gasteiger charge is -2.35. The highest BCUT2D eigenvalue weighted by Gasteiger charge is 2.29. The summed E-state index contributed by atoms with van der Waals surface area (Å²) < 4.78 is 11.4. The lowest BCUT2D eigenvalue weighted by Crippen LogP contribution is -2.40. The molecule has 0 bridgehead atoms. The largest absolute Gasteiger partial charge is 0.382 e. The van der Waals surface area contributed by atoms with Gasteiger partial charge in [-0.05, 0) is 20.3 Å². The fourth-order valence-electron chi connectivity index (χ4n) is 2.47. The fraction of sp³-hybridized carbons (Fsp3) is 0.692. The molecule has 3 heterocycles. The maximum atomic E-state index is 5.82. The maximum absolute atomic E-state index is 5.82. The molecule has 110 valence electrons. The van der Waals surface area contributed by atoms with E-state index >= 15 is 0 Å². The molecule has 1 fully saturated rings. The van der Waals surface area contributed by atoms with Crippen LogP contribution in [0.3, 0.4) is 0 Å². The minimum Gasteiger partial charge on any atom is -0.382 e. The molecule has 0 unspecified atom stereocenters. The molecule has 0 aliphatic carbocycles. The van der Waals surface area contributed by atoms with Gasteiger partial charge in [0.2, 0.25) is 0 Å². The zero-order chi connectivity index (χ0) is 14.2. The predicted molar refractivity (Wildman–Crippen MR) is 76.4 cm³/mol. The van der Waals surface area contributed by atoms with Crippen molar-refractivity contribution >= 4 is 17.3 Å². The van der Waals surface area contributed by atoms with E-state index in [0.29, 0.717) is 11.7 Å². The zero-order valence-electron chi connectivity index (χ0n) is 11.9. The fourth-order valence-corrected chi connectivity index (χ4v) is 2.47. The molecule has 1 aromatic heterocycles. The number of aromatic nitrogens is 2. The molecule has 2 aliphatic rings. The monoisotopic (exact) mass is 279 g/mol. The second kappa shape index (κ2) is 5.06. The molecule has 1 aromatic rings. The van der Waals surface area contributed by atoms with Crippen molar-refractivity contribution in [3.63, 3.8) is 0 Å². The number of nitrogens with zero attached hydrogens (tertiary/aromatic N) is 3. The third kappa shape index (κ3) is 2.64. The van der Waals surface area contributed by atoms with Crippen LogP contribution in [-0.2, 0) is 9.47 Å². The molecular formula is C13H21N5O2. The van der Waals surface area contributed by atoms with E-state index in [4.69, 9.17) is 15.2 Å². The standard InChI is InChI=1S/C13H21N5O2/c1-13(2)19-5-9(6-20-13)3-4-18-8-17-10-11(14)15-7-16-12(10)18/h7,9,17H,3-6,8H2,1-2H3,(H2,14,15,16). The van der Waals surface area contributed by atoms with Crippen LogP contribution in [0, 0.1) is 5.92 Å². The highest BCUT2D eigenvalue weighted by atomic mass is 16.7. The van der Waals surface area contributed by atoms with Gasteiger partial charge < -0.3 is 25.4 Å². The smallest absolute Gasteiger partial charge is 0.162 e. The molecule has 7 heteroatoms. The highest BCUT2D eigenvalue weighted by molar-refractivity contribution is 5.79. The van der Waals surface area contributed by atoms with E-state index in [0.717, 1.165) is 44.4 Å². The van der Waals surface area contributed by atoms with Crippen LogP contribution >= 0.6 is 0 Å². The SMILES string of the molecule is CC1(C)OCC(CCN2CNc3c(N)ncnc32)CO1. The quantitative estimate of drug-likeness (QED) is 0.855. The average Bonchev–Trinajstić information content (AvgIpc) is 2.82. The highest BCUT2D eigenvalue weighted by Crippen LogP contribution is 2.32. The second-order valence-corrected chi connectivity index (χ2v) is 5.73. The van der Waals surface area contributed by atoms with Crippen molar-refractivity contribution in [2.45, 2.75) is 26.1 Å². The zero-order valence-corrected chi connectivity index (χ0v) is 11.9. The van der Waals surface area contributed by atoms with E-state index in [1.807, 2.05) is 13.8 Å². The Morgan fingerprint density at radius 3 is 2.90 bits per heavy atom. The van der Waals surface area contributed by atoms with Crippen molar-refractivity contribution in [3.05, 3.63) is 6.33 Å². The average molecular weight is 279 g/mol. The number of fused-ring (bicyclic) bond motifs is 1. The molecule has 0 atom stereocenters. The van der Waals surface area contributed by atoms with Crippen LogP contribution < -0.4 is 16.0 Å². The summed E-state index contributed by atoms with van der Waals surface area (Å²) in [7, 11) is 0. The van der Waals surface area contributed by atoms with E-state index in [9.17, 15) is 0 Å². The first-order valence-corrected chi connectivity index (χ1v) is 6.92. The van der Waals surface area contributed by atoms with Gasteiger partial charge in [-0.2, -0.15) is 0 Å². The molecule has 1 saturated heterocycles. The van der Waals surface area contributed by atoms with E-state index < -0.39 is 5.79 Å². The molecule has 0 radical (unpaired) electrons. The van der Waals surface area contributed by atoms with Crippen LogP contribution in [0.1, 0.15) is 20.3 Å². The number of nitrogens with two attached hydrogens (primary N) is 1. The summed E-state index contributed by atoms with van der Waals surface area (Å²) in [5, 5.41) is 3.23. The van der Waals surface area contributed by atoms with Crippen LogP contribution in [0.2, 0.25) is 0 Å². The molecule has 0 aromatic carbocycles. The van der Waals surface area contributed by atoms with Gasteiger partial charge in [0.05, 0.1) is 19.9 Å². The Morgan fingerprint density at radius 2 is 2.15 bits per heavy atom. The minimum atomic E-state index is -0.444. The first-order valence-electron chi connectivity index (χ1n) is 6.92. The van der Waals surface area contributed by atoms with Crippen molar-refractivity contribution < 1.29 is 9.47 Å². The van der Waals surface area contributed by atoms with E-state index in [1.165, 1.54) is 6.33 Å². The van der Waals surface area contributed by atoms with Gasteiger partial charge in [-0.15, -0.1) is 0 Å². The van der Waals surface area contributed by atoms with Gasteiger partial charge >= 0.3 is 0 Å². The molecule has 7 nitrogen and oxygen atoms in total. The summed E-state index contributed by atoms with van der Waals surface area (Å²) in [5.74, 6) is 1.37. The molecule has 3 N–H and O–H groups in total. The molecular weight excluding hydrogens is 258 g/mol. The molecule has 0 saturated carbocycles. The van der Waals surface area contributed by atoms with Crippen LogP contribution in [0.15, 0.2) is 6.33 Å². The van der Waals surface area contributed by atoms with Crippen molar-refractivity contribution in [1.29, 1.82) is 0 Å². The first-order chi connectivity index (χ1) is 9.55. The van der Waals surface area contributed by atoms with Gasteiger partial charge in [-0.25, -0.2) is 9.97 Å². The summed E-state index contributed by atoms with van der Waals surface area (Å²) in [6.07, 6.45) is 2.50. The number of hydrogen-bond donors (Lipinski definition) is 2. The van der Waals surface area contributed by atoms with E-state index in [2.05, 4.69) is 20.2 Å². The van der Waals surface area contributed by atoms with E-state index in [-0.39, 0.29) is 0 Å². The van der Waals surface area contributed by atoms with Gasteiger partial charge in [0.25, 0.3) is 0 Å². The number of anilines is 3. The molecule has 0 amide bonds. The summed E-state index contributed by atoms with van der Waals surface area (Å²) in [6.45, 7) is 7.00. The van der Waals surface area contributed by atoms with Gasteiger partial charge in [0.15, 0.2) is 17.4 Å². The van der Waals surface area contributed by atoms with Crippen LogP contribution in [0.5, 0.6) is 0 Å². The number of hydrogen-bond acceptors (Lipinski definition) is 7. The Bertz CT molecular complexity index is 484. The topological polar surface area (TPSA) is 85.5 Å². The summed E-state index contributed by atoms with van der Waals surface area (Å²) in [5.41, 5.74) is 6.66. The van der Waals surface area contributed by atoms with Gasteiger partial charge in [0, 0.05) is 12.5 Å². The normalized spacial score (nSPS) is 21.6. The van der Waals surface area contributed by atoms with Crippen molar-refractivity contribution in [1.82, 2.24) is 9.97 Å². The van der Waals surface area contributed by atoms with Crippen LogP contribution in [0.4, 0.5) is 17.3 Å². The summed E-state index contributed by atoms with van der Waals surface area (Å²) in [6, 6.07) is 0. The number of nitrogen functional groups attached to an aromatic ring is 1. The van der Waals surface area contributed by atoms with Crippen LogP contribution in [-0.4, -0.2) is 42.2 Å². The lowest BCUT2D eigenvalue weighted by molar-refractivity contribution is -0.262. The molecule has 3 rings (SSSR count). The molecule has 20 heavy (non-hydrogen) atoms. The van der Waals surface area contributed by atoms with Gasteiger partial charge in [-0.1, -0.05) is 0 Å². The molecule has 0 spiro atoms. The number of rotatable bonds is 3. The van der Waals surface area contributed by atoms with Crippen molar-refractivity contribution in [2.75, 3.05) is 42.4 Å². The predicted octanol–water partition coefficient (Wildman–Crippen LogP) is 1.04. The van der Waals surface area contributed by atoms with Gasteiger partial charge in [-0.3, -0.25) is 0 Å². The summed E-state index contributed by atoms with van der Waals surface area (Å²) >= 11 is 0. The van der Waals surface area contributed by atoms with Crippen molar-refractivity contribution in [2.24, 2.45) is 5.92 Å². The third-order valence-corrected chi connectivity index (χ3v) is 3.74. The maximum Gasteiger partial charge on any atom is 0.162 e. The minimum absolute atomic E-state index is 0.422. The third-order valence-electron chi connectivity index (χ3n) is 3.74. The number of ether oxygens (including phenoxy) is 2. The molecule has 2 aliphatic heterocycles. The summed E-state index contributed by atoms with van der Waals surface area (Å²) in [4.78, 5) is 10.5.